The van der Waals surface area contributed by atoms with Crippen molar-refractivity contribution in [1.82, 2.24) is 5.32 Å². The van der Waals surface area contributed by atoms with Crippen molar-refractivity contribution in [3.63, 3.8) is 0 Å². The molecule has 1 aliphatic carbocycles. The number of thiocarbonyl (C=S) groups is 1. The fourth-order valence-electron chi connectivity index (χ4n) is 3.18. The number of amides is 1. The van der Waals surface area contributed by atoms with E-state index in [0.717, 1.165) is 50.5 Å². The van der Waals surface area contributed by atoms with E-state index in [-0.39, 0.29) is 17.0 Å². The van der Waals surface area contributed by atoms with Crippen molar-refractivity contribution in [1.29, 1.82) is 0 Å². The minimum Gasteiger partial charge on any atom is -0.465 e. The summed E-state index contributed by atoms with van der Waals surface area (Å²) in [5, 5.41) is 6.68. The highest BCUT2D eigenvalue weighted by Crippen LogP contribution is 2.38. The smallest absolute Gasteiger partial charge is 0.341 e. The quantitative estimate of drug-likeness (QED) is 0.382. The van der Waals surface area contributed by atoms with Crippen LogP contribution in [0.4, 0.5) is 5.00 Å². The summed E-state index contributed by atoms with van der Waals surface area (Å²) < 4.78 is 4.95. The number of hydrogen-bond donors (Lipinski definition) is 2. The molecule has 0 unspecified atom stereocenters. The molecular formula is C19H28N2O3S2. The highest BCUT2D eigenvalue weighted by Gasteiger charge is 2.26. The van der Waals surface area contributed by atoms with Gasteiger partial charge in [0.2, 0.25) is 5.91 Å². The van der Waals surface area contributed by atoms with Crippen LogP contribution in [0.25, 0.3) is 0 Å². The predicted molar refractivity (Wildman–Crippen MR) is 110 cm³/mol. The van der Waals surface area contributed by atoms with E-state index in [1.807, 2.05) is 0 Å². The molecule has 0 spiro atoms. The summed E-state index contributed by atoms with van der Waals surface area (Å²) in [6, 6.07) is 0. The number of fused-ring (bicyclic) bond motifs is 1. The number of aryl methyl sites for hydroxylation is 1. The number of anilines is 1. The molecule has 0 saturated carbocycles. The zero-order valence-electron chi connectivity index (χ0n) is 15.6. The van der Waals surface area contributed by atoms with Gasteiger partial charge in [-0.3, -0.25) is 4.79 Å². The van der Waals surface area contributed by atoms with Crippen LogP contribution in [0.3, 0.4) is 0 Å². The van der Waals surface area contributed by atoms with E-state index < -0.39 is 0 Å². The van der Waals surface area contributed by atoms with Crippen molar-refractivity contribution in [2.45, 2.75) is 71.1 Å². The summed E-state index contributed by atoms with van der Waals surface area (Å²) >= 11 is 6.80. The lowest BCUT2D eigenvalue weighted by Gasteiger charge is -2.12. The first-order chi connectivity index (χ1) is 12.6. The molecule has 0 bridgehead atoms. The van der Waals surface area contributed by atoms with Crippen LogP contribution in [0.1, 0.15) is 79.1 Å². The third kappa shape index (κ3) is 5.77. The maximum absolute atomic E-state index is 12.2. The monoisotopic (exact) mass is 396 g/mol. The van der Waals surface area contributed by atoms with Gasteiger partial charge < -0.3 is 15.4 Å². The second-order valence-electron chi connectivity index (χ2n) is 6.57. The molecule has 5 nitrogen and oxygen atoms in total. The molecule has 0 radical (unpaired) electrons. The molecule has 0 aliphatic heterocycles. The van der Waals surface area contributed by atoms with E-state index in [2.05, 4.69) is 17.6 Å². The predicted octanol–water partition coefficient (Wildman–Crippen LogP) is 4.59. The Balaban J connectivity index is 1.93. The lowest BCUT2D eigenvalue weighted by atomic mass is 9.95. The van der Waals surface area contributed by atoms with Crippen LogP contribution in [0, 0.1) is 0 Å². The van der Waals surface area contributed by atoms with E-state index in [4.69, 9.17) is 17.0 Å². The number of hydrogen-bond acceptors (Lipinski definition) is 5. The minimum atomic E-state index is -0.350. The minimum absolute atomic E-state index is 0.0834. The average Bonchev–Trinajstić information content (AvgIpc) is 2.98. The Bertz CT molecular complexity index is 655. The van der Waals surface area contributed by atoms with Gasteiger partial charge in [0.15, 0.2) is 5.11 Å². The summed E-state index contributed by atoms with van der Waals surface area (Å²) in [4.78, 5) is 25.4. The van der Waals surface area contributed by atoms with Gasteiger partial charge in [-0.25, -0.2) is 4.79 Å². The lowest BCUT2D eigenvalue weighted by molar-refractivity contribution is -0.119. The summed E-state index contributed by atoms with van der Waals surface area (Å²) in [5.74, 6) is -0.433. The molecule has 1 aliphatic rings. The number of rotatable bonds is 8. The standard InChI is InChI=1S/C19H28N2O3S2/c1-3-4-5-6-7-12-15(22)20-19(25)21-17-16(18(23)24-2)13-10-8-9-11-14(13)26-17/h3-12H2,1-2H3,(H2,20,21,22,25). The third-order valence-electron chi connectivity index (χ3n) is 4.55. The molecule has 1 amide bonds. The highest BCUT2D eigenvalue weighted by molar-refractivity contribution is 7.80. The van der Waals surface area contributed by atoms with Crippen molar-refractivity contribution in [3.8, 4) is 0 Å². The van der Waals surface area contributed by atoms with E-state index in [1.54, 1.807) is 0 Å². The lowest BCUT2D eigenvalue weighted by Crippen LogP contribution is -2.34. The van der Waals surface area contributed by atoms with Gasteiger partial charge in [0, 0.05) is 11.3 Å². The molecule has 0 fully saturated rings. The van der Waals surface area contributed by atoms with Crippen molar-refractivity contribution in [2.24, 2.45) is 0 Å². The van der Waals surface area contributed by atoms with E-state index in [9.17, 15) is 9.59 Å². The number of carbonyl (C=O) groups excluding carboxylic acids is 2. The Kier molecular flexibility index (Phi) is 8.51. The first kappa shape index (κ1) is 20.8. The first-order valence-corrected chi connectivity index (χ1v) is 10.6. The maximum atomic E-state index is 12.2. The van der Waals surface area contributed by atoms with Crippen molar-refractivity contribution < 1.29 is 14.3 Å². The Hall–Kier alpha value is -1.47. The van der Waals surface area contributed by atoms with Crippen LogP contribution in [0.2, 0.25) is 0 Å². The van der Waals surface area contributed by atoms with Crippen molar-refractivity contribution >= 4 is 45.5 Å². The zero-order chi connectivity index (χ0) is 18.9. The SMILES string of the molecule is CCCCCCCC(=O)NC(=S)Nc1sc2c(c1C(=O)OC)CCCC2. The Labute approximate surface area is 164 Å². The Morgan fingerprint density at radius 2 is 1.88 bits per heavy atom. The van der Waals surface area contributed by atoms with Gasteiger partial charge in [-0.1, -0.05) is 32.6 Å². The fourth-order valence-corrected chi connectivity index (χ4v) is 4.75. The van der Waals surface area contributed by atoms with Crippen LogP contribution >= 0.6 is 23.6 Å². The number of unbranched alkanes of at least 4 members (excludes halogenated alkanes) is 4. The van der Waals surface area contributed by atoms with Crippen LogP contribution in [0.5, 0.6) is 0 Å². The highest BCUT2D eigenvalue weighted by atomic mass is 32.1. The van der Waals surface area contributed by atoms with Gasteiger partial charge in [0.1, 0.15) is 5.00 Å². The molecule has 1 heterocycles. The Morgan fingerprint density at radius 1 is 1.15 bits per heavy atom. The van der Waals surface area contributed by atoms with Crippen LogP contribution in [-0.4, -0.2) is 24.1 Å². The second kappa shape index (κ2) is 10.6. The number of methoxy groups -OCH3 is 1. The molecule has 2 rings (SSSR count). The number of esters is 1. The summed E-state index contributed by atoms with van der Waals surface area (Å²) in [7, 11) is 1.39. The molecule has 144 valence electrons. The number of carbonyl (C=O) groups is 2. The third-order valence-corrected chi connectivity index (χ3v) is 5.96. The van der Waals surface area contributed by atoms with E-state index >= 15 is 0 Å². The van der Waals surface area contributed by atoms with Crippen molar-refractivity contribution in [3.05, 3.63) is 16.0 Å². The van der Waals surface area contributed by atoms with Gasteiger partial charge in [0.25, 0.3) is 0 Å². The van der Waals surface area contributed by atoms with Crippen LogP contribution < -0.4 is 10.6 Å². The summed E-state index contributed by atoms with van der Waals surface area (Å²) in [6.07, 6.45) is 10.0. The van der Waals surface area contributed by atoms with E-state index in [0.29, 0.717) is 17.0 Å². The number of thiophene rings is 1. The average molecular weight is 397 g/mol. The molecule has 1 aromatic rings. The van der Waals surface area contributed by atoms with Crippen LogP contribution in [-0.2, 0) is 22.4 Å². The van der Waals surface area contributed by atoms with Crippen LogP contribution in [0.15, 0.2) is 0 Å². The summed E-state index contributed by atoms with van der Waals surface area (Å²) in [5.41, 5.74) is 1.64. The first-order valence-electron chi connectivity index (χ1n) is 9.40. The molecule has 0 saturated heterocycles. The normalized spacial score (nSPS) is 13.0. The second-order valence-corrected chi connectivity index (χ2v) is 8.09. The fraction of sp³-hybridized carbons (Fsp3) is 0.632. The van der Waals surface area contributed by atoms with Crippen molar-refractivity contribution in [2.75, 3.05) is 12.4 Å². The van der Waals surface area contributed by atoms with Gasteiger partial charge in [-0.2, -0.15) is 0 Å². The van der Waals surface area contributed by atoms with E-state index in [1.165, 1.54) is 36.2 Å². The topological polar surface area (TPSA) is 67.4 Å². The Morgan fingerprint density at radius 3 is 2.62 bits per heavy atom. The zero-order valence-corrected chi connectivity index (χ0v) is 17.2. The molecule has 0 atom stereocenters. The maximum Gasteiger partial charge on any atom is 0.341 e. The summed E-state index contributed by atoms with van der Waals surface area (Å²) in [6.45, 7) is 2.17. The largest absolute Gasteiger partial charge is 0.465 e. The van der Waals surface area contributed by atoms with Gasteiger partial charge in [-0.15, -0.1) is 11.3 Å². The van der Waals surface area contributed by atoms with Gasteiger partial charge >= 0.3 is 5.97 Å². The molecule has 0 aromatic carbocycles. The molecule has 7 heteroatoms. The molecule has 1 aromatic heterocycles. The van der Waals surface area contributed by atoms with Gasteiger partial charge in [0.05, 0.1) is 12.7 Å². The van der Waals surface area contributed by atoms with Gasteiger partial charge in [-0.05, 0) is 49.9 Å². The number of ether oxygens (including phenoxy) is 1. The number of nitrogens with one attached hydrogen (secondary N) is 2. The molecule has 26 heavy (non-hydrogen) atoms. The molecular weight excluding hydrogens is 368 g/mol. The molecule has 2 N–H and O–H groups in total.